The molecule has 4 heteroatoms. The molecule has 4 rings (SSSR count). The van der Waals surface area contributed by atoms with Crippen LogP contribution in [-0.4, -0.2) is 4.74 Å². The van der Waals surface area contributed by atoms with Gasteiger partial charge in [0.2, 0.25) is 0 Å². The molecule has 0 bridgehead atoms. The van der Waals surface area contributed by atoms with Crippen LogP contribution in [0.4, 0.5) is 0 Å². The molecule has 0 saturated heterocycles. The largest absolute Gasteiger partial charge is 0.366 e. The van der Waals surface area contributed by atoms with E-state index in [4.69, 9.17) is 4.52 Å². The van der Waals surface area contributed by atoms with Crippen molar-refractivity contribution in [3.63, 3.8) is 0 Å². The van der Waals surface area contributed by atoms with Crippen molar-refractivity contribution in [1.29, 1.82) is 0 Å². The summed E-state index contributed by atoms with van der Waals surface area (Å²) in [7, 11) is 0. The fraction of sp³-hybridized carbons (Fsp3) is 0. The Morgan fingerprint density at radius 1 is 0.720 bits per heavy atom. The Balaban J connectivity index is 2.07. The van der Waals surface area contributed by atoms with E-state index < -0.39 is 0 Å². The average molecular weight is 392 g/mol. The van der Waals surface area contributed by atoms with Crippen LogP contribution in [0, 0.1) is 0 Å². The van der Waals surface area contributed by atoms with E-state index in [2.05, 4.69) is 15.9 Å². The number of para-hydroxylation sites is 1. The van der Waals surface area contributed by atoms with E-state index in [1.54, 1.807) is 4.74 Å². The Morgan fingerprint density at radius 3 is 1.92 bits per heavy atom. The topological polar surface area (TPSA) is 35.1 Å². The summed E-state index contributed by atoms with van der Waals surface area (Å²) in [5.74, 6) is 0. The van der Waals surface area contributed by atoms with Crippen molar-refractivity contribution in [3.8, 4) is 28.1 Å². The molecule has 0 amide bonds. The third-order valence-corrected chi connectivity index (χ3v) is 4.67. The fourth-order valence-corrected chi connectivity index (χ4v) is 3.32. The number of hydrogen-bond acceptors (Lipinski definition) is 2. The molecule has 0 aliphatic heterocycles. The molecule has 1 aromatic heterocycles. The minimum absolute atomic E-state index is 0.360. The van der Waals surface area contributed by atoms with Crippen LogP contribution in [0.5, 0.6) is 0 Å². The Morgan fingerprint density at radius 2 is 1.28 bits per heavy atom. The highest BCUT2D eigenvalue weighted by atomic mass is 79.9. The number of hydrogen-bond donors (Lipinski definition) is 0. The first-order valence-electron chi connectivity index (χ1n) is 7.88. The molecule has 1 heterocycles. The van der Waals surface area contributed by atoms with Crippen LogP contribution in [0.3, 0.4) is 0 Å². The Bertz CT molecular complexity index is 1070. The lowest BCUT2D eigenvalue weighted by molar-refractivity contribution is 0.326. The first-order valence-corrected chi connectivity index (χ1v) is 8.67. The zero-order valence-corrected chi connectivity index (χ0v) is 14.8. The number of nitrogens with zero attached hydrogens (tertiary/aromatic N) is 1. The zero-order chi connectivity index (χ0) is 17.2. The summed E-state index contributed by atoms with van der Waals surface area (Å²) in [5, 5.41) is 0. The Hall–Kier alpha value is -2.85. The Kier molecular flexibility index (Phi) is 4.12. The molecule has 0 fully saturated rings. The quantitative estimate of drug-likeness (QED) is 0.460. The molecular weight excluding hydrogens is 378 g/mol. The molecule has 0 aliphatic rings. The summed E-state index contributed by atoms with van der Waals surface area (Å²) in [6, 6.07) is 27.1. The van der Waals surface area contributed by atoms with Gasteiger partial charge in [0.05, 0.1) is 11.3 Å². The summed E-state index contributed by atoms with van der Waals surface area (Å²) >= 11 is 3.55. The van der Waals surface area contributed by atoms with Gasteiger partial charge in [-0.15, -0.1) is 0 Å². The maximum atomic E-state index is 12.7. The smallest absolute Gasteiger partial charge is 0.330 e. The first kappa shape index (κ1) is 15.7. The average Bonchev–Trinajstić information content (AvgIpc) is 3.00. The van der Waals surface area contributed by atoms with E-state index >= 15 is 0 Å². The van der Waals surface area contributed by atoms with Gasteiger partial charge >= 0.3 is 5.63 Å². The normalized spacial score (nSPS) is 10.8. The van der Waals surface area contributed by atoms with Crippen LogP contribution in [0.2, 0.25) is 0 Å². The second-order valence-electron chi connectivity index (χ2n) is 5.58. The monoisotopic (exact) mass is 391 g/mol. The van der Waals surface area contributed by atoms with Gasteiger partial charge in [0, 0.05) is 10.0 Å². The van der Waals surface area contributed by atoms with Crippen molar-refractivity contribution in [3.05, 3.63) is 99.8 Å². The molecule has 25 heavy (non-hydrogen) atoms. The molecule has 4 aromatic rings. The van der Waals surface area contributed by atoms with Crippen LogP contribution in [0.1, 0.15) is 0 Å². The van der Waals surface area contributed by atoms with E-state index in [9.17, 15) is 4.79 Å². The SMILES string of the molecule is O=c1on(-c2ccccc2Br)c(-c2ccccc2)c1-c1ccccc1. The second kappa shape index (κ2) is 6.57. The van der Waals surface area contributed by atoms with E-state index in [-0.39, 0.29) is 5.63 Å². The molecule has 0 aliphatic carbocycles. The highest BCUT2D eigenvalue weighted by molar-refractivity contribution is 9.10. The van der Waals surface area contributed by atoms with Crippen molar-refractivity contribution in [1.82, 2.24) is 4.74 Å². The number of halogens is 1. The van der Waals surface area contributed by atoms with Gasteiger partial charge in [-0.1, -0.05) is 72.8 Å². The molecule has 0 N–H and O–H groups in total. The molecule has 0 radical (unpaired) electrons. The summed E-state index contributed by atoms with van der Waals surface area (Å²) in [6.45, 7) is 0. The third kappa shape index (κ3) is 2.85. The van der Waals surface area contributed by atoms with Crippen LogP contribution in [0.25, 0.3) is 28.1 Å². The summed E-state index contributed by atoms with van der Waals surface area (Å²) in [5.41, 5.74) is 3.47. The molecule has 0 atom stereocenters. The lowest BCUT2D eigenvalue weighted by Crippen LogP contribution is -1.97. The summed E-state index contributed by atoms with van der Waals surface area (Å²) < 4.78 is 8.11. The van der Waals surface area contributed by atoms with Gasteiger partial charge < -0.3 is 4.52 Å². The summed E-state index contributed by atoms with van der Waals surface area (Å²) in [4.78, 5) is 12.7. The molecular formula is C21H14BrNO2. The van der Waals surface area contributed by atoms with Crippen LogP contribution < -0.4 is 5.63 Å². The minimum atomic E-state index is -0.360. The third-order valence-electron chi connectivity index (χ3n) is 4.00. The minimum Gasteiger partial charge on any atom is -0.330 e. The van der Waals surface area contributed by atoms with Crippen LogP contribution >= 0.6 is 15.9 Å². The van der Waals surface area contributed by atoms with Crippen molar-refractivity contribution >= 4 is 15.9 Å². The highest BCUT2D eigenvalue weighted by Crippen LogP contribution is 2.34. The first-order chi connectivity index (χ1) is 12.3. The van der Waals surface area contributed by atoms with Crippen LogP contribution in [0.15, 0.2) is 98.7 Å². The number of rotatable bonds is 3. The van der Waals surface area contributed by atoms with Crippen molar-refractivity contribution in [2.75, 3.05) is 0 Å². The van der Waals surface area contributed by atoms with E-state index in [1.165, 1.54) is 0 Å². The van der Waals surface area contributed by atoms with Gasteiger partial charge in [0.15, 0.2) is 0 Å². The standard InChI is InChI=1S/C21H14BrNO2/c22-17-13-7-8-14-18(17)23-20(16-11-5-2-6-12-16)19(21(24)25-23)15-9-3-1-4-10-15/h1-14H. The number of benzene rings is 3. The molecule has 3 nitrogen and oxygen atoms in total. The Labute approximate surface area is 153 Å². The molecule has 3 aromatic carbocycles. The molecule has 0 saturated carbocycles. The fourth-order valence-electron chi connectivity index (χ4n) is 2.88. The highest BCUT2D eigenvalue weighted by Gasteiger charge is 2.22. The van der Waals surface area contributed by atoms with Gasteiger partial charge in [0.1, 0.15) is 5.69 Å². The maximum Gasteiger partial charge on any atom is 0.366 e. The van der Waals surface area contributed by atoms with Gasteiger partial charge in [-0.2, -0.15) is 4.74 Å². The molecule has 0 unspecified atom stereocenters. The van der Waals surface area contributed by atoms with Crippen molar-refractivity contribution < 1.29 is 4.52 Å². The van der Waals surface area contributed by atoms with Crippen molar-refractivity contribution in [2.24, 2.45) is 0 Å². The molecule has 122 valence electrons. The predicted molar refractivity (Wildman–Crippen MR) is 103 cm³/mol. The van der Waals surface area contributed by atoms with Crippen molar-refractivity contribution in [2.45, 2.75) is 0 Å². The lowest BCUT2D eigenvalue weighted by Gasteiger charge is -2.10. The van der Waals surface area contributed by atoms with Gasteiger partial charge in [-0.25, -0.2) is 4.79 Å². The number of aromatic nitrogens is 1. The summed E-state index contributed by atoms with van der Waals surface area (Å²) in [6.07, 6.45) is 0. The van der Waals surface area contributed by atoms with Crippen LogP contribution in [-0.2, 0) is 0 Å². The van der Waals surface area contributed by atoms with Gasteiger partial charge in [-0.3, -0.25) is 0 Å². The van der Waals surface area contributed by atoms with Gasteiger partial charge in [0.25, 0.3) is 0 Å². The molecule has 0 spiro atoms. The van der Waals surface area contributed by atoms with E-state index in [0.29, 0.717) is 5.56 Å². The zero-order valence-electron chi connectivity index (χ0n) is 13.2. The van der Waals surface area contributed by atoms with E-state index in [0.717, 1.165) is 27.0 Å². The predicted octanol–water partition coefficient (Wildman–Crippen LogP) is 5.53. The lowest BCUT2D eigenvalue weighted by atomic mass is 10.0. The second-order valence-corrected chi connectivity index (χ2v) is 6.43. The van der Waals surface area contributed by atoms with E-state index in [1.807, 2.05) is 84.9 Å². The van der Waals surface area contributed by atoms with Gasteiger partial charge in [-0.05, 0) is 33.6 Å². The maximum absolute atomic E-state index is 12.7.